The van der Waals surface area contributed by atoms with Gasteiger partial charge < -0.3 is 11.1 Å². The van der Waals surface area contributed by atoms with Crippen LogP contribution in [-0.2, 0) is 13.5 Å². The molecular formula is C12H17N5. The monoisotopic (exact) mass is 231 g/mol. The summed E-state index contributed by atoms with van der Waals surface area (Å²) in [4.78, 5) is 0. The van der Waals surface area contributed by atoms with Gasteiger partial charge in [0, 0.05) is 14.1 Å². The zero-order valence-electron chi connectivity index (χ0n) is 10.1. The highest BCUT2D eigenvalue weighted by atomic mass is 15.3. The Labute approximate surface area is 101 Å². The van der Waals surface area contributed by atoms with Crippen LogP contribution in [0, 0.1) is 0 Å². The molecule has 2 aromatic rings. The van der Waals surface area contributed by atoms with Gasteiger partial charge in [0.05, 0.1) is 6.04 Å². The molecule has 3 N–H and O–H groups in total. The minimum Gasteiger partial charge on any atom is -0.357 e. The van der Waals surface area contributed by atoms with E-state index in [0.29, 0.717) is 0 Å². The molecular weight excluding hydrogens is 214 g/mol. The molecule has 0 unspecified atom stereocenters. The van der Waals surface area contributed by atoms with Gasteiger partial charge in [-0.1, -0.05) is 30.3 Å². The van der Waals surface area contributed by atoms with Crippen LogP contribution in [0.5, 0.6) is 0 Å². The van der Waals surface area contributed by atoms with E-state index in [0.717, 1.165) is 18.2 Å². The fourth-order valence-corrected chi connectivity index (χ4v) is 1.84. The van der Waals surface area contributed by atoms with E-state index in [9.17, 15) is 0 Å². The van der Waals surface area contributed by atoms with E-state index in [-0.39, 0.29) is 6.04 Å². The molecule has 1 heterocycles. The smallest absolute Gasteiger partial charge is 0.224 e. The molecule has 1 aromatic heterocycles. The maximum absolute atomic E-state index is 6.14. The van der Waals surface area contributed by atoms with Gasteiger partial charge in [-0.15, -0.1) is 10.2 Å². The number of anilines is 1. The molecule has 1 atom stereocenters. The summed E-state index contributed by atoms with van der Waals surface area (Å²) >= 11 is 0. The number of nitrogens with one attached hydrogen (secondary N) is 1. The van der Waals surface area contributed by atoms with Crippen LogP contribution >= 0.6 is 0 Å². The number of hydrogen-bond acceptors (Lipinski definition) is 4. The van der Waals surface area contributed by atoms with E-state index >= 15 is 0 Å². The van der Waals surface area contributed by atoms with Crippen LogP contribution in [0.4, 0.5) is 5.95 Å². The Bertz CT molecular complexity index is 477. The first-order chi connectivity index (χ1) is 8.22. The predicted molar refractivity (Wildman–Crippen MR) is 67.6 cm³/mol. The molecule has 1 aromatic carbocycles. The van der Waals surface area contributed by atoms with Crippen molar-refractivity contribution >= 4 is 5.95 Å². The molecule has 90 valence electrons. The lowest BCUT2D eigenvalue weighted by atomic mass is 10.1. The Balaban J connectivity index is 2.14. The largest absolute Gasteiger partial charge is 0.357 e. The molecule has 0 amide bonds. The van der Waals surface area contributed by atoms with E-state index in [1.807, 2.05) is 36.9 Å². The summed E-state index contributed by atoms with van der Waals surface area (Å²) in [5.74, 6) is 1.52. The quantitative estimate of drug-likeness (QED) is 0.826. The summed E-state index contributed by atoms with van der Waals surface area (Å²) < 4.78 is 1.88. The van der Waals surface area contributed by atoms with E-state index in [1.165, 1.54) is 5.56 Å². The highest BCUT2D eigenvalue weighted by Crippen LogP contribution is 2.15. The van der Waals surface area contributed by atoms with Gasteiger partial charge >= 0.3 is 0 Å². The van der Waals surface area contributed by atoms with Crippen LogP contribution in [0.3, 0.4) is 0 Å². The molecule has 2 rings (SSSR count). The number of nitrogens with zero attached hydrogens (tertiary/aromatic N) is 3. The maximum Gasteiger partial charge on any atom is 0.224 e. The van der Waals surface area contributed by atoms with Crippen LogP contribution in [0.1, 0.15) is 17.4 Å². The lowest BCUT2D eigenvalue weighted by Crippen LogP contribution is -2.18. The molecule has 0 aliphatic rings. The van der Waals surface area contributed by atoms with E-state index in [2.05, 4.69) is 27.6 Å². The highest BCUT2D eigenvalue weighted by Gasteiger charge is 2.15. The van der Waals surface area contributed by atoms with Crippen molar-refractivity contribution in [3.8, 4) is 0 Å². The Morgan fingerprint density at radius 2 is 2.00 bits per heavy atom. The molecule has 0 saturated carbocycles. The van der Waals surface area contributed by atoms with E-state index < -0.39 is 0 Å². The van der Waals surface area contributed by atoms with Gasteiger partial charge in [0.25, 0.3) is 0 Å². The molecule has 0 spiro atoms. The van der Waals surface area contributed by atoms with Crippen molar-refractivity contribution < 1.29 is 0 Å². The van der Waals surface area contributed by atoms with Crippen molar-refractivity contribution in [2.45, 2.75) is 12.5 Å². The second-order valence-corrected chi connectivity index (χ2v) is 3.99. The molecule has 0 aliphatic heterocycles. The van der Waals surface area contributed by atoms with Crippen LogP contribution in [0.15, 0.2) is 30.3 Å². The zero-order chi connectivity index (χ0) is 12.3. The second kappa shape index (κ2) is 4.97. The van der Waals surface area contributed by atoms with E-state index in [4.69, 9.17) is 5.73 Å². The molecule has 0 aliphatic carbocycles. The standard InChI is InChI=1S/C12H17N5/c1-14-12-16-15-11(17(12)2)10(13)8-9-6-4-3-5-7-9/h3-7,10H,8,13H2,1-2H3,(H,14,16)/t10-/m0/s1. The first kappa shape index (κ1) is 11.6. The number of nitrogens with two attached hydrogens (primary N) is 1. The maximum atomic E-state index is 6.14. The van der Waals surface area contributed by atoms with Gasteiger partial charge in [-0.2, -0.15) is 0 Å². The van der Waals surface area contributed by atoms with Crippen molar-refractivity contribution in [3.63, 3.8) is 0 Å². The van der Waals surface area contributed by atoms with Gasteiger partial charge in [0.2, 0.25) is 5.95 Å². The first-order valence-corrected chi connectivity index (χ1v) is 5.59. The first-order valence-electron chi connectivity index (χ1n) is 5.59. The molecule has 0 saturated heterocycles. The lowest BCUT2D eigenvalue weighted by molar-refractivity contribution is 0.631. The summed E-state index contributed by atoms with van der Waals surface area (Å²) in [7, 11) is 3.72. The number of aromatic nitrogens is 3. The third-order valence-electron chi connectivity index (χ3n) is 2.76. The van der Waals surface area contributed by atoms with Crippen LogP contribution in [-0.4, -0.2) is 21.8 Å². The lowest BCUT2D eigenvalue weighted by Gasteiger charge is -2.11. The van der Waals surface area contributed by atoms with E-state index in [1.54, 1.807) is 0 Å². The Morgan fingerprint density at radius 3 is 2.59 bits per heavy atom. The third-order valence-corrected chi connectivity index (χ3v) is 2.76. The SMILES string of the molecule is CNc1nnc([C@@H](N)Cc2ccccc2)n1C. The highest BCUT2D eigenvalue weighted by molar-refractivity contribution is 5.25. The molecule has 17 heavy (non-hydrogen) atoms. The van der Waals surface area contributed by atoms with Crippen LogP contribution in [0.25, 0.3) is 0 Å². The summed E-state index contributed by atoms with van der Waals surface area (Å²) in [5.41, 5.74) is 7.35. The van der Waals surface area contributed by atoms with Gasteiger partial charge in [-0.05, 0) is 12.0 Å². The summed E-state index contributed by atoms with van der Waals surface area (Å²) in [6.07, 6.45) is 0.760. The molecule has 0 radical (unpaired) electrons. The van der Waals surface area contributed by atoms with Crippen molar-refractivity contribution in [1.82, 2.24) is 14.8 Å². The van der Waals surface area contributed by atoms with Gasteiger partial charge in [0.15, 0.2) is 5.82 Å². The minimum atomic E-state index is -0.142. The average molecular weight is 231 g/mol. The van der Waals surface area contributed by atoms with Crippen molar-refractivity contribution in [2.75, 3.05) is 12.4 Å². The molecule has 0 bridgehead atoms. The Morgan fingerprint density at radius 1 is 1.29 bits per heavy atom. The Hall–Kier alpha value is -1.88. The minimum absolute atomic E-state index is 0.142. The van der Waals surface area contributed by atoms with Crippen LogP contribution < -0.4 is 11.1 Å². The number of benzene rings is 1. The summed E-state index contributed by atoms with van der Waals surface area (Å²) in [6.45, 7) is 0. The van der Waals surface area contributed by atoms with Gasteiger partial charge in [0.1, 0.15) is 0 Å². The summed E-state index contributed by atoms with van der Waals surface area (Å²) in [6, 6.07) is 10.0. The normalized spacial score (nSPS) is 12.4. The van der Waals surface area contributed by atoms with Crippen molar-refractivity contribution in [3.05, 3.63) is 41.7 Å². The Kier molecular flexibility index (Phi) is 3.39. The van der Waals surface area contributed by atoms with Gasteiger partial charge in [-0.25, -0.2) is 0 Å². The van der Waals surface area contributed by atoms with Crippen molar-refractivity contribution in [1.29, 1.82) is 0 Å². The predicted octanol–water partition coefficient (Wildman–Crippen LogP) is 1.10. The molecule has 5 nitrogen and oxygen atoms in total. The van der Waals surface area contributed by atoms with Crippen LogP contribution in [0.2, 0.25) is 0 Å². The fourth-order valence-electron chi connectivity index (χ4n) is 1.84. The topological polar surface area (TPSA) is 68.8 Å². The summed E-state index contributed by atoms with van der Waals surface area (Å²) in [5, 5.41) is 11.1. The van der Waals surface area contributed by atoms with Crippen molar-refractivity contribution in [2.24, 2.45) is 12.8 Å². The zero-order valence-corrected chi connectivity index (χ0v) is 10.1. The molecule has 5 heteroatoms. The number of rotatable bonds is 4. The third kappa shape index (κ3) is 2.45. The average Bonchev–Trinajstić information content (AvgIpc) is 2.71. The van der Waals surface area contributed by atoms with Gasteiger partial charge in [-0.3, -0.25) is 4.57 Å². The molecule has 0 fully saturated rings. The number of hydrogen-bond donors (Lipinski definition) is 2. The fraction of sp³-hybridized carbons (Fsp3) is 0.333. The second-order valence-electron chi connectivity index (χ2n) is 3.99.